The average molecular weight is 251 g/mol. The first-order valence-corrected chi connectivity index (χ1v) is 8.12. The molecule has 1 heterocycles. The van der Waals surface area contributed by atoms with Gasteiger partial charge in [-0.15, -0.1) is 0 Å². The summed E-state index contributed by atoms with van der Waals surface area (Å²) < 4.78 is 6.19. The third-order valence-electron chi connectivity index (χ3n) is 5.52. The summed E-state index contributed by atoms with van der Waals surface area (Å²) in [5.41, 5.74) is 0.682. The molecule has 0 aromatic rings. The van der Waals surface area contributed by atoms with E-state index in [0.717, 1.165) is 6.61 Å². The lowest BCUT2D eigenvalue weighted by Crippen LogP contribution is -2.53. The number of ether oxygens (including phenoxy) is 1. The van der Waals surface area contributed by atoms with E-state index in [-0.39, 0.29) is 5.60 Å². The first-order valence-electron chi connectivity index (χ1n) is 8.12. The molecule has 0 radical (unpaired) electrons. The molecule has 3 rings (SSSR count). The van der Waals surface area contributed by atoms with Crippen LogP contribution in [0.5, 0.6) is 0 Å². The van der Waals surface area contributed by atoms with Gasteiger partial charge in [0.1, 0.15) is 0 Å². The second-order valence-corrected chi connectivity index (χ2v) is 7.19. The maximum atomic E-state index is 6.19. The zero-order valence-corrected chi connectivity index (χ0v) is 12.0. The fourth-order valence-electron chi connectivity index (χ4n) is 4.49. The number of hydrogen-bond donors (Lipinski definition) is 1. The molecule has 0 amide bonds. The molecule has 0 bridgehead atoms. The van der Waals surface area contributed by atoms with E-state index in [4.69, 9.17) is 4.74 Å². The van der Waals surface area contributed by atoms with Crippen molar-refractivity contribution in [2.45, 2.75) is 94.7 Å². The lowest BCUT2D eigenvalue weighted by molar-refractivity contribution is -0.111. The minimum atomic E-state index is 0.253. The van der Waals surface area contributed by atoms with Crippen LogP contribution in [0.3, 0.4) is 0 Å². The molecule has 1 atom stereocenters. The molecule has 0 aromatic carbocycles. The summed E-state index contributed by atoms with van der Waals surface area (Å²) >= 11 is 0. The highest BCUT2D eigenvalue weighted by molar-refractivity contribution is 4.97. The molecule has 104 valence electrons. The van der Waals surface area contributed by atoms with Crippen molar-refractivity contribution < 1.29 is 4.74 Å². The van der Waals surface area contributed by atoms with Crippen LogP contribution in [0.2, 0.25) is 0 Å². The van der Waals surface area contributed by atoms with Crippen molar-refractivity contribution in [2.75, 3.05) is 6.61 Å². The van der Waals surface area contributed by atoms with E-state index in [1.807, 2.05) is 0 Å². The predicted molar refractivity (Wildman–Crippen MR) is 74.8 cm³/mol. The Balaban J connectivity index is 1.59. The van der Waals surface area contributed by atoms with Crippen LogP contribution in [0.25, 0.3) is 0 Å². The molecule has 3 fully saturated rings. The molecule has 1 spiro atoms. The normalized spacial score (nSPS) is 34.8. The average Bonchev–Trinajstić information content (AvgIpc) is 2.77. The van der Waals surface area contributed by atoms with Crippen molar-refractivity contribution in [3.8, 4) is 0 Å². The highest BCUT2D eigenvalue weighted by Crippen LogP contribution is 2.40. The van der Waals surface area contributed by atoms with E-state index >= 15 is 0 Å². The highest BCUT2D eigenvalue weighted by Gasteiger charge is 2.40. The first-order chi connectivity index (χ1) is 8.70. The van der Waals surface area contributed by atoms with Crippen LogP contribution in [0.1, 0.15) is 77.6 Å². The molecule has 0 aromatic heterocycles. The van der Waals surface area contributed by atoms with E-state index in [1.165, 1.54) is 70.6 Å². The number of nitrogens with one attached hydrogen (secondary N) is 1. The Hall–Kier alpha value is -0.0800. The smallest absolute Gasteiger partial charge is 0.0697 e. The minimum absolute atomic E-state index is 0.253. The first kappa shape index (κ1) is 12.9. The summed E-state index contributed by atoms with van der Waals surface area (Å²) in [6.45, 7) is 3.41. The Morgan fingerprint density at radius 2 is 1.61 bits per heavy atom. The van der Waals surface area contributed by atoms with E-state index in [0.29, 0.717) is 11.6 Å². The molecule has 1 N–H and O–H groups in total. The maximum absolute atomic E-state index is 6.19. The van der Waals surface area contributed by atoms with Gasteiger partial charge >= 0.3 is 0 Å². The number of hydrogen-bond acceptors (Lipinski definition) is 2. The molecule has 2 saturated carbocycles. The van der Waals surface area contributed by atoms with Crippen LogP contribution in [0.4, 0.5) is 0 Å². The topological polar surface area (TPSA) is 21.3 Å². The zero-order valence-electron chi connectivity index (χ0n) is 12.0. The summed E-state index contributed by atoms with van der Waals surface area (Å²) in [7, 11) is 0. The fourth-order valence-corrected chi connectivity index (χ4v) is 4.49. The van der Waals surface area contributed by atoms with Crippen molar-refractivity contribution in [1.29, 1.82) is 0 Å². The quantitative estimate of drug-likeness (QED) is 0.806. The Labute approximate surface area is 112 Å². The monoisotopic (exact) mass is 251 g/mol. The van der Waals surface area contributed by atoms with Gasteiger partial charge in [-0.3, -0.25) is 0 Å². The molecular weight excluding hydrogens is 222 g/mol. The third kappa shape index (κ3) is 2.75. The van der Waals surface area contributed by atoms with Crippen molar-refractivity contribution in [3.05, 3.63) is 0 Å². The summed E-state index contributed by atoms with van der Waals surface area (Å²) in [4.78, 5) is 0. The van der Waals surface area contributed by atoms with Gasteiger partial charge < -0.3 is 10.1 Å². The Morgan fingerprint density at radius 3 is 2.33 bits per heavy atom. The van der Waals surface area contributed by atoms with Crippen LogP contribution in [-0.2, 0) is 4.74 Å². The van der Waals surface area contributed by atoms with Gasteiger partial charge in [0.2, 0.25) is 0 Å². The zero-order chi connectivity index (χ0) is 12.5. The highest BCUT2D eigenvalue weighted by atomic mass is 16.5. The van der Waals surface area contributed by atoms with Crippen LogP contribution in [-0.4, -0.2) is 23.8 Å². The Morgan fingerprint density at radius 1 is 0.944 bits per heavy atom. The molecular formula is C16H29NO. The van der Waals surface area contributed by atoms with E-state index < -0.39 is 0 Å². The number of rotatable bonds is 2. The molecule has 2 aliphatic carbocycles. The Kier molecular flexibility index (Phi) is 3.68. The summed E-state index contributed by atoms with van der Waals surface area (Å²) in [5.74, 6) is 0. The van der Waals surface area contributed by atoms with Gasteiger partial charge in [-0.25, -0.2) is 0 Å². The second-order valence-electron chi connectivity index (χ2n) is 7.19. The second kappa shape index (κ2) is 5.13. The van der Waals surface area contributed by atoms with E-state index in [1.54, 1.807) is 0 Å². The van der Waals surface area contributed by atoms with Crippen molar-refractivity contribution in [1.82, 2.24) is 5.32 Å². The van der Waals surface area contributed by atoms with Gasteiger partial charge in [-0.05, 0) is 45.4 Å². The third-order valence-corrected chi connectivity index (χ3v) is 5.52. The largest absolute Gasteiger partial charge is 0.375 e. The lowest BCUT2D eigenvalue weighted by Gasteiger charge is -2.45. The van der Waals surface area contributed by atoms with Crippen molar-refractivity contribution in [3.63, 3.8) is 0 Å². The van der Waals surface area contributed by atoms with Crippen LogP contribution in [0, 0.1) is 0 Å². The van der Waals surface area contributed by atoms with Crippen LogP contribution < -0.4 is 5.32 Å². The van der Waals surface area contributed by atoms with Crippen LogP contribution >= 0.6 is 0 Å². The summed E-state index contributed by atoms with van der Waals surface area (Å²) in [5, 5.41) is 3.99. The summed E-state index contributed by atoms with van der Waals surface area (Å²) in [6.07, 6.45) is 14.9. The predicted octanol–water partition coefficient (Wildman–Crippen LogP) is 3.79. The minimum Gasteiger partial charge on any atom is -0.375 e. The van der Waals surface area contributed by atoms with Gasteiger partial charge in [0.05, 0.1) is 5.60 Å². The van der Waals surface area contributed by atoms with E-state index in [9.17, 15) is 0 Å². The van der Waals surface area contributed by atoms with Crippen LogP contribution in [0.15, 0.2) is 0 Å². The Bertz CT molecular complexity index is 271. The van der Waals surface area contributed by atoms with Gasteiger partial charge in [0.15, 0.2) is 0 Å². The molecule has 18 heavy (non-hydrogen) atoms. The van der Waals surface area contributed by atoms with Gasteiger partial charge in [0.25, 0.3) is 0 Å². The molecule has 1 unspecified atom stereocenters. The molecule has 1 saturated heterocycles. The standard InChI is InChI=1S/C16H29NO/c1-15(8-5-6-9-15)17-14-7-12-18-16(13-14)10-3-2-4-11-16/h14,17H,2-13H2,1H3. The van der Waals surface area contributed by atoms with Gasteiger partial charge in [-0.2, -0.15) is 0 Å². The van der Waals surface area contributed by atoms with Crippen molar-refractivity contribution in [2.24, 2.45) is 0 Å². The molecule has 2 heteroatoms. The maximum Gasteiger partial charge on any atom is 0.0697 e. The van der Waals surface area contributed by atoms with Gasteiger partial charge in [-0.1, -0.05) is 32.1 Å². The molecule has 2 nitrogen and oxygen atoms in total. The molecule has 1 aliphatic heterocycles. The molecule has 3 aliphatic rings. The SMILES string of the molecule is CC1(NC2CCOC3(CCCCC3)C2)CCCC1. The fraction of sp³-hybridized carbons (Fsp3) is 1.00. The van der Waals surface area contributed by atoms with E-state index in [2.05, 4.69) is 12.2 Å². The van der Waals surface area contributed by atoms with Gasteiger partial charge in [0, 0.05) is 18.2 Å². The lowest BCUT2D eigenvalue weighted by atomic mass is 9.77. The van der Waals surface area contributed by atoms with Crippen molar-refractivity contribution >= 4 is 0 Å². The summed E-state index contributed by atoms with van der Waals surface area (Å²) in [6, 6.07) is 0.708.